The SMILES string of the molecule is CCN(CC)CCN1C(=O)C(O)=C(C(=O)c2cccs2)[C@H]1c1cccc([N+](=O)[O-])c1. The van der Waals surface area contributed by atoms with Crippen molar-refractivity contribution in [2.45, 2.75) is 19.9 Å². The van der Waals surface area contributed by atoms with Crippen molar-refractivity contribution in [2.75, 3.05) is 26.2 Å². The standard InChI is InChI=1S/C21H23N3O5S/c1-3-22(4-2)10-11-23-18(14-7-5-8-15(13-14)24(28)29)17(20(26)21(23)27)19(25)16-9-6-12-30-16/h5-9,12-13,18,26H,3-4,10-11H2,1-2H3/t18-/m1/s1. The van der Waals surface area contributed by atoms with Crippen LogP contribution in [0.2, 0.25) is 0 Å². The highest BCUT2D eigenvalue weighted by Gasteiger charge is 2.44. The van der Waals surface area contributed by atoms with Crippen molar-refractivity contribution in [1.29, 1.82) is 0 Å². The first-order valence-electron chi connectivity index (χ1n) is 9.68. The Balaban J connectivity index is 2.05. The molecule has 0 aliphatic carbocycles. The van der Waals surface area contributed by atoms with Gasteiger partial charge < -0.3 is 14.9 Å². The zero-order chi connectivity index (χ0) is 21.8. The van der Waals surface area contributed by atoms with Gasteiger partial charge in [0.2, 0.25) is 5.78 Å². The largest absolute Gasteiger partial charge is 0.503 e. The fraction of sp³-hybridized carbons (Fsp3) is 0.333. The monoisotopic (exact) mass is 429 g/mol. The summed E-state index contributed by atoms with van der Waals surface area (Å²) >= 11 is 1.21. The summed E-state index contributed by atoms with van der Waals surface area (Å²) in [6.45, 7) is 6.43. The molecule has 1 aliphatic heterocycles. The van der Waals surface area contributed by atoms with E-state index in [0.717, 1.165) is 13.1 Å². The molecular weight excluding hydrogens is 406 g/mol. The van der Waals surface area contributed by atoms with E-state index >= 15 is 0 Å². The molecule has 1 aliphatic rings. The third-order valence-corrected chi connectivity index (χ3v) is 6.11. The number of carbonyl (C=O) groups is 2. The van der Waals surface area contributed by atoms with E-state index in [9.17, 15) is 24.8 Å². The van der Waals surface area contributed by atoms with Crippen LogP contribution >= 0.6 is 11.3 Å². The van der Waals surface area contributed by atoms with E-state index in [1.807, 2.05) is 13.8 Å². The summed E-state index contributed by atoms with van der Waals surface area (Å²) in [5, 5.41) is 23.6. The van der Waals surface area contributed by atoms with Crippen molar-refractivity contribution < 1.29 is 19.6 Å². The number of aliphatic hydroxyl groups excluding tert-OH is 1. The van der Waals surface area contributed by atoms with E-state index in [0.29, 0.717) is 17.0 Å². The van der Waals surface area contributed by atoms with E-state index < -0.39 is 28.4 Å². The van der Waals surface area contributed by atoms with Gasteiger partial charge in [-0.3, -0.25) is 19.7 Å². The lowest BCUT2D eigenvalue weighted by molar-refractivity contribution is -0.384. The number of amides is 1. The number of likely N-dealkylation sites (N-methyl/N-ethyl adjacent to an activating group) is 1. The fourth-order valence-electron chi connectivity index (χ4n) is 3.60. The molecule has 158 valence electrons. The van der Waals surface area contributed by atoms with Crippen LogP contribution in [0, 0.1) is 10.1 Å². The third-order valence-electron chi connectivity index (χ3n) is 5.24. The molecule has 2 aromatic rings. The molecule has 1 aromatic heterocycles. The number of rotatable bonds is 9. The van der Waals surface area contributed by atoms with Gasteiger partial charge in [-0.25, -0.2) is 0 Å². The van der Waals surface area contributed by atoms with Crippen molar-refractivity contribution in [3.05, 3.63) is 73.7 Å². The van der Waals surface area contributed by atoms with Crippen LogP contribution in [0.4, 0.5) is 5.69 Å². The van der Waals surface area contributed by atoms with Crippen molar-refractivity contribution in [2.24, 2.45) is 0 Å². The van der Waals surface area contributed by atoms with Crippen LogP contribution in [0.3, 0.4) is 0 Å². The average molecular weight is 429 g/mol. The minimum atomic E-state index is -0.887. The van der Waals surface area contributed by atoms with Crippen molar-refractivity contribution in [3.8, 4) is 0 Å². The topological polar surface area (TPSA) is 104 Å². The van der Waals surface area contributed by atoms with Crippen molar-refractivity contribution >= 4 is 28.7 Å². The Labute approximate surface area is 178 Å². The summed E-state index contributed by atoms with van der Waals surface area (Å²) in [6.07, 6.45) is 0. The molecular formula is C21H23N3O5S. The summed E-state index contributed by atoms with van der Waals surface area (Å²) in [4.78, 5) is 40.7. The molecule has 30 heavy (non-hydrogen) atoms. The van der Waals surface area contributed by atoms with Gasteiger partial charge in [0.1, 0.15) is 0 Å². The zero-order valence-electron chi connectivity index (χ0n) is 16.8. The summed E-state index contributed by atoms with van der Waals surface area (Å²) in [6, 6.07) is 8.31. The summed E-state index contributed by atoms with van der Waals surface area (Å²) in [5.74, 6) is -1.68. The number of carbonyl (C=O) groups excluding carboxylic acids is 2. The van der Waals surface area contributed by atoms with Crippen LogP contribution in [0.15, 0.2) is 53.1 Å². The fourth-order valence-corrected chi connectivity index (χ4v) is 4.28. The number of non-ortho nitro benzene ring substituents is 1. The first-order chi connectivity index (χ1) is 14.4. The van der Waals surface area contributed by atoms with E-state index in [1.165, 1.54) is 34.4 Å². The predicted octanol–water partition coefficient (Wildman–Crippen LogP) is 3.58. The number of thiophene rings is 1. The van der Waals surface area contributed by atoms with Crippen molar-refractivity contribution in [3.63, 3.8) is 0 Å². The molecule has 0 saturated carbocycles. The molecule has 0 fully saturated rings. The number of hydrogen-bond acceptors (Lipinski definition) is 7. The lowest BCUT2D eigenvalue weighted by atomic mass is 9.95. The highest BCUT2D eigenvalue weighted by Crippen LogP contribution is 2.40. The average Bonchev–Trinajstić information content (AvgIpc) is 3.37. The van der Waals surface area contributed by atoms with Crippen LogP contribution in [-0.4, -0.2) is 57.7 Å². The predicted molar refractivity (Wildman–Crippen MR) is 114 cm³/mol. The molecule has 0 bridgehead atoms. The van der Waals surface area contributed by atoms with Crippen LogP contribution in [0.25, 0.3) is 0 Å². The number of nitro benzene ring substituents is 1. The molecule has 0 radical (unpaired) electrons. The maximum Gasteiger partial charge on any atom is 0.290 e. The van der Waals surface area contributed by atoms with E-state index in [2.05, 4.69) is 4.90 Å². The van der Waals surface area contributed by atoms with E-state index in [4.69, 9.17) is 0 Å². The lowest BCUT2D eigenvalue weighted by Gasteiger charge is -2.29. The number of aliphatic hydroxyl groups is 1. The van der Waals surface area contributed by atoms with Gasteiger partial charge in [-0.05, 0) is 30.1 Å². The molecule has 0 saturated heterocycles. The van der Waals surface area contributed by atoms with Gasteiger partial charge >= 0.3 is 0 Å². The Morgan fingerprint density at radius 3 is 2.60 bits per heavy atom. The van der Waals surface area contributed by atoms with Gasteiger partial charge in [-0.2, -0.15) is 0 Å². The second kappa shape index (κ2) is 9.19. The van der Waals surface area contributed by atoms with Gasteiger partial charge in [0, 0.05) is 25.2 Å². The van der Waals surface area contributed by atoms with Gasteiger partial charge in [0.25, 0.3) is 11.6 Å². The molecule has 1 aromatic carbocycles. The van der Waals surface area contributed by atoms with E-state index in [-0.39, 0.29) is 17.8 Å². The minimum Gasteiger partial charge on any atom is -0.503 e. The van der Waals surface area contributed by atoms with Crippen LogP contribution < -0.4 is 0 Å². The number of nitrogens with zero attached hydrogens (tertiary/aromatic N) is 3. The second-order valence-corrected chi connectivity index (χ2v) is 7.80. The number of hydrogen-bond donors (Lipinski definition) is 1. The summed E-state index contributed by atoms with van der Waals surface area (Å²) in [5.41, 5.74) is 0.238. The maximum atomic E-state index is 13.1. The minimum absolute atomic E-state index is 0.0394. The smallest absolute Gasteiger partial charge is 0.290 e. The van der Waals surface area contributed by atoms with Crippen LogP contribution in [0.1, 0.15) is 35.1 Å². The normalized spacial score (nSPS) is 16.6. The molecule has 8 nitrogen and oxygen atoms in total. The van der Waals surface area contributed by atoms with Crippen LogP contribution in [-0.2, 0) is 4.79 Å². The first-order valence-corrected chi connectivity index (χ1v) is 10.6. The molecule has 2 heterocycles. The van der Waals surface area contributed by atoms with Crippen LogP contribution in [0.5, 0.6) is 0 Å². The number of Topliss-reactive ketones (excluding diaryl/α,β-unsaturated/α-hetero) is 1. The lowest BCUT2D eigenvalue weighted by Crippen LogP contribution is -2.38. The van der Waals surface area contributed by atoms with Crippen molar-refractivity contribution in [1.82, 2.24) is 9.80 Å². The quantitative estimate of drug-likeness (QED) is 0.371. The number of benzene rings is 1. The molecule has 9 heteroatoms. The molecule has 1 N–H and O–H groups in total. The Kier molecular flexibility index (Phi) is 6.63. The summed E-state index contributed by atoms with van der Waals surface area (Å²) in [7, 11) is 0. The Morgan fingerprint density at radius 1 is 1.27 bits per heavy atom. The number of nitro groups is 1. The highest BCUT2D eigenvalue weighted by atomic mass is 32.1. The molecule has 1 atom stereocenters. The summed E-state index contributed by atoms with van der Waals surface area (Å²) < 4.78 is 0. The molecule has 1 amide bonds. The number of ketones is 1. The zero-order valence-corrected chi connectivity index (χ0v) is 17.6. The Hall–Kier alpha value is -3.04. The highest BCUT2D eigenvalue weighted by molar-refractivity contribution is 7.12. The van der Waals surface area contributed by atoms with Gasteiger partial charge in [0.05, 0.1) is 21.4 Å². The molecule has 3 rings (SSSR count). The third kappa shape index (κ3) is 4.12. The molecule has 0 spiro atoms. The van der Waals surface area contributed by atoms with E-state index in [1.54, 1.807) is 23.6 Å². The first kappa shape index (κ1) is 21.7. The molecule has 0 unspecified atom stereocenters. The Bertz CT molecular complexity index is 982. The van der Waals surface area contributed by atoms with Gasteiger partial charge in [0.15, 0.2) is 5.76 Å². The van der Waals surface area contributed by atoms with Gasteiger partial charge in [-0.1, -0.05) is 32.0 Å². The Morgan fingerprint density at radius 2 is 2.00 bits per heavy atom. The maximum absolute atomic E-state index is 13.1. The second-order valence-electron chi connectivity index (χ2n) is 6.85. The van der Waals surface area contributed by atoms with Gasteiger partial charge in [-0.15, -0.1) is 11.3 Å².